The van der Waals surface area contributed by atoms with Crippen LogP contribution in [0, 0.1) is 21.4 Å². The van der Waals surface area contributed by atoms with E-state index in [9.17, 15) is 28.6 Å². The highest BCUT2D eigenvalue weighted by Gasteiger charge is 2.21. The maximum Gasteiger partial charge on any atom is 0.339 e. The third kappa shape index (κ3) is 6.16. The Kier molecular flexibility index (Phi) is 7.88. The number of hydrogen-bond acceptors (Lipinski definition) is 9. The molecule has 0 heterocycles. The predicted octanol–water partition coefficient (Wildman–Crippen LogP) is 3.93. The monoisotopic (exact) mass is 509 g/mol. The summed E-state index contributed by atoms with van der Waals surface area (Å²) < 4.78 is 40.7. The van der Waals surface area contributed by atoms with Gasteiger partial charge in [-0.1, -0.05) is 12.1 Å². The van der Waals surface area contributed by atoms with Crippen molar-refractivity contribution in [2.45, 2.75) is 4.90 Å². The van der Waals surface area contributed by atoms with Gasteiger partial charge in [-0.2, -0.15) is 13.7 Å². The van der Waals surface area contributed by atoms with Gasteiger partial charge in [0.15, 0.2) is 11.5 Å². The van der Waals surface area contributed by atoms with Crippen LogP contribution in [0.15, 0.2) is 77.2 Å². The summed E-state index contributed by atoms with van der Waals surface area (Å²) >= 11 is 0. The number of amides is 1. The van der Waals surface area contributed by atoms with Crippen LogP contribution in [0.25, 0.3) is 6.08 Å². The Hall–Kier alpha value is -4.89. The first-order valence-corrected chi connectivity index (χ1v) is 11.5. The molecule has 1 N–H and O–H groups in total. The Morgan fingerprint density at radius 2 is 1.75 bits per heavy atom. The summed E-state index contributed by atoms with van der Waals surface area (Å²) in [5.41, 5.74) is 0.306. The van der Waals surface area contributed by atoms with Crippen molar-refractivity contribution >= 4 is 33.5 Å². The molecule has 3 aromatic carbocycles. The minimum Gasteiger partial charge on any atom is -0.497 e. The molecule has 1 amide bonds. The summed E-state index contributed by atoms with van der Waals surface area (Å²) in [6.45, 7) is 0. The Balaban J connectivity index is 1.83. The van der Waals surface area contributed by atoms with Crippen LogP contribution in [0.4, 0.5) is 11.4 Å². The zero-order valence-corrected chi connectivity index (χ0v) is 19.8. The van der Waals surface area contributed by atoms with Gasteiger partial charge in [0, 0.05) is 23.9 Å². The average Bonchev–Trinajstić information content (AvgIpc) is 2.87. The molecule has 0 spiro atoms. The van der Waals surface area contributed by atoms with E-state index in [0.717, 1.165) is 24.3 Å². The minimum absolute atomic E-state index is 0.0136. The zero-order chi connectivity index (χ0) is 26.3. The van der Waals surface area contributed by atoms with Crippen molar-refractivity contribution in [2.24, 2.45) is 0 Å². The van der Waals surface area contributed by atoms with Gasteiger partial charge in [-0.25, -0.2) is 0 Å². The molecule has 0 aromatic heterocycles. The fourth-order valence-electron chi connectivity index (χ4n) is 2.96. The van der Waals surface area contributed by atoms with Gasteiger partial charge in [0.25, 0.3) is 11.6 Å². The summed E-state index contributed by atoms with van der Waals surface area (Å²) in [7, 11) is -1.56. The van der Waals surface area contributed by atoms with Crippen LogP contribution in [0.5, 0.6) is 17.2 Å². The number of nitriles is 1. The summed E-state index contributed by atoms with van der Waals surface area (Å²) in [5, 5.41) is 22.8. The molecule has 0 aliphatic rings. The summed E-state index contributed by atoms with van der Waals surface area (Å²) in [5.74, 6) is -0.280. The number of nitro groups is 1. The molecule has 0 aliphatic carbocycles. The molecule has 0 atom stereocenters. The molecule has 11 nitrogen and oxygen atoms in total. The van der Waals surface area contributed by atoms with Crippen molar-refractivity contribution in [1.82, 2.24) is 0 Å². The normalized spacial score (nSPS) is 11.2. The third-order valence-corrected chi connectivity index (χ3v) is 5.98. The number of non-ortho nitro benzene ring substituents is 1. The number of ether oxygens (including phenoxy) is 2. The van der Waals surface area contributed by atoms with E-state index >= 15 is 0 Å². The number of nitrogens with one attached hydrogen (secondary N) is 1. The lowest BCUT2D eigenvalue weighted by Crippen LogP contribution is -2.13. The minimum atomic E-state index is -4.33. The second-order valence-corrected chi connectivity index (χ2v) is 8.60. The van der Waals surface area contributed by atoms with Gasteiger partial charge in [0.05, 0.1) is 19.1 Å². The molecule has 0 saturated carbocycles. The number of carbonyl (C=O) groups excluding carboxylic acids is 1. The Labute approximate surface area is 206 Å². The van der Waals surface area contributed by atoms with Crippen LogP contribution < -0.4 is 19.0 Å². The maximum absolute atomic E-state index is 12.6. The second-order valence-electron chi connectivity index (χ2n) is 7.05. The summed E-state index contributed by atoms with van der Waals surface area (Å²) in [4.78, 5) is 22.4. The number of anilines is 1. The van der Waals surface area contributed by atoms with E-state index in [1.54, 1.807) is 24.3 Å². The predicted molar refractivity (Wildman–Crippen MR) is 129 cm³/mol. The van der Waals surface area contributed by atoms with Gasteiger partial charge in [0.2, 0.25) is 0 Å². The van der Waals surface area contributed by atoms with Gasteiger partial charge < -0.3 is 19.0 Å². The van der Waals surface area contributed by atoms with E-state index in [0.29, 0.717) is 17.0 Å². The number of carbonyl (C=O) groups is 1. The molecule has 0 radical (unpaired) electrons. The van der Waals surface area contributed by atoms with E-state index in [2.05, 4.69) is 5.32 Å². The maximum atomic E-state index is 12.6. The lowest BCUT2D eigenvalue weighted by Gasteiger charge is -2.11. The van der Waals surface area contributed by atoms with Crippen LogP contribution in [-0.2, 0) is 14.9 Å². The highest BCUT2D eigenvalue weighted by molar-refractivity contribution is 7.87. The summed E-state index contributed by atoms with van der Waals surface area (Å²) in [6, 6.07) is 16.7. The number of nitrogens with zero attached hydrogens (tertiary/aromatic N) is 2. The molecule has 0 fully saturated rings. The lowest BCUT2D eigenvalue weighted by atomic mass is 10.1. The van der Waals surface area contributed by atoms with Gasteiger partial charge in [-0.05, 0) is 48.0 Å². The molecule has 0 unspecified atom stereocenters. The molecule has 12 heteroatoms. The highest BCUT2D eigenvalue weighted by Crippen LogP contribution is 2.32. The van der Waals surface area contributed by atoms with Gasteiger partial charge in [-0.15, -0.1) is 0 Å². The first-order chi connectivity index (χ1) is 17.2. The van der Waals surface area contributed by atoms with Crippen molar-refractivity contribution in [2.75, 3.05) is 19.5 Å². The van der Waals surface area contributed by atoms with Gasteiger partial charge >= 0.3 is 10.1 Å². The number of rotatable bonds is 9. The average molecular weight is 509 g/mol. The standard InChI is InChI=1S/C24H19N3O8S/c1-33-20-5-3-4-18(14-20)26-24(28)17(15-25)12-16-6-11-22(23(13-16)34-2)35-36(31,32)21-9-7-19(8-10-21)27(29)30/h3-14H,1-2H3,(H,26,28)/b17-12+. The Bertz CT molecular complexity index is 1480. The fraction of sp³-hybridized carbons (Fsp3) is 0.0833. The van der Waals surface area contributed by atoms with Gasteiger partial charge in [0.1, 0.15) is 22.3 Å². The Morgan fingerprint density at radius 1 is 1.03 bits per heavy atom. The molecule has 3 rings (SSSR count). The largest absolute Gasteiger partial charge is 0.497 e. The molecule has 0 saturated heterocycles. The Morgan fingerprint density at radius 3 is 2.36 bits per heavy atom. The number of methoxy groups -OCH3 is 2. The van der Waals surface area contributed by atoms with E-state index in [1.807, 2.05) is 6.07 Å². The van der Waals surface area contributed by atoms with Crippen molar-refractivity contribution < 1.29 is 31.8 Å². The van der Waals surface area contributed by atoms with Crippen LogP contribution in [0.1, 0.15) is 5.56 Å². The highest BCUT2D eigenvalue weighted by atomic mass is 32.2. The van der Waals surface area contributed by atoms with E-state index < -0.39 is 20.9 Å². The van der Waals surface area contributed by atoms with Crippen molar-refractivity contribution in [3.8, 4) is 23.3 Å². The number of hydrogen-bond donors (Lipinski definition) is 1. The molecule has 184 valence electrons. The topological polar surface area (TPSA) is 158 Å². The van der Waals surface area contributed by atoms with E-state index in [1.165, 1.54) is 38.5 Å². The first-order valence-electron chi connectivity index (χ1n) is 10.1. The molecular formula is C24H19N3O8S. The number of nitro benzene ring substituents is 1. The fourth-order valence-corrected chi connectivity index (χ4v) is 3.90. The molecule has 0 bridgehead atoms. The van der Waals surface area contributed by atoms with E-state index in [4.69, 9.17) is 13.7 Å². The molecule has 3 aromatic rings. The molecular weight excluding hydrogens is 490 g/mol. The molecule has 36 heavy (non-hydrogen) atoms. The SMILES string of the molecule is COc1cccc(NC(=O)/C(C#N)=C/c2ccc(OS(=O)(=O)c3ccc([N+](=O)[O-])cc3)c(OC)c2)c1. The summed E-state index contributed by atoms with van der Waals surface area (Å²) in [6.07, 6.45) is 1.30. The second kappa shape index (κ2) is 11.0. The van der Waals surface area contributed by atoms with Crippen molar-refractivity contribution in [3.63, 3.8) is 0 Å². The van der Waals surface area contributed by atoms with Crippen LogP contribution in [0.3, 0.4) is 0 Å². The van der Waals surface area contributed by atoms with Crippen molar-refractivity contribution in [3.05, 3.63) is 88.0 Å². The van der Waals surface area contributed by atoms with Crippen molar-refractivity contribution in [1.29, 1.82) is 5.26 Å². The van der Waals surface area contributed by atoms with E-state index in [-0.39, 0.29) is 27.7 Å². The van der Waals surface area contributed by atoms with Crippen LogP contribution >= 0.6 is 0 Å². The van der Waals surface area contributed by atoms with Crippen LogP contribution in [-0.4, -0.2) is 33.5 Å². The first kappa shape index (κ1) is 25.7. The third-order valence-electron chi connectivity index (χ3n) is 4.73. The smallest absolute Gasteiger partial charge is 0.339 e. The quantitative estimate of drug-likeness (QED) is 0.148. The molecule has 0 aliphatic heterocycles. The zero-order valence-electron chi connectivity index (χ0n) is 19.0. The van der Waals surface area contributed by atoms with Gasteiger partial charge in [-0.3, -0.25) is 14.9 Å². The lowest BCUT2D eigenvalue weighted by molar-refractivity contribution is -0.384. The number of benzene rings is 3. The van der Waals surface area contributed by atoms with Crippen LogP contribution in [0.2, 0.25) is 0 Å².